The summed E-state index contributed by atoms with van der Waals surface area (Å²) in [4.78, 5) is 6.74. The lowest BCUT2D eigenvalue weighted by Crippen LogP contribution is -2.36. The molecule has 0 fully saturated rings. The monoisotopic (exact) mass is 562 g/mol. The topological polar surface area (TPSA) is 33.4 Å². The summed E-state index contributed by atoms with van der Waals surface area (Å²) in [5, 5.41) is 6.07. The average Bonchev–Trinajstić information content (AvgIpc) is 3.29. The lowest BCUT2D eigenvalue weighted by Gasteiger charge is -2.37. The zero-order valence-corrected chi connectivity index (χ0v) is 22.6. The molecule has 3 heterocycles. The Kier molecular flexibility index (Phi) is 6.60. The smallest absolute Gasteiger partial charge is 0.164 e. The summed E-state index contributed by atoms with van der Waals surface area (Å²) in [5.41, 5.74) is 4.63. The third kappa shape index (κ3) is 4.25. The van der Waals surface area contributed by atoms with Gasteiger partial charge in [-0.1, -0.05) is 96.7 Å². The summed E-state index contributed by atoms with van der Waals surface area (Å²) < 4.78 is 17.4. The molecular weight excluding hydrogens is 542 g/mol. The van der Waals surface area contributed by atoms with E-state index in [9.17, 15) is 0 Å². The molecule has 1 aromatic heterocycles. The Labute approximate surface area is 235 Å². The lowest BCUT2D eigenvalue weighted by molar-refractivity contribution is 0.443. The molecule has 8 heteroatoms. The first-order valence-electron chi connectivity index (χ1n) is 12.3. The molecule has 1 atom stereocenters. The van der Waals surface area contributed by atoms with E-state index in [0.29, 0.717) is 38.5 Å². The van der Waals surface area contributed by atoms with Crippen molar-refractivity contribution in [2.24, 2.45) is 4.99 Å². The van der Waals surface area contributed by atoms with Gasteiger partial charge in [0.25, 0.3) is 0 Å². The van der Waals surface area contributed by atoms with Gasteiger partial charge in [0.2, 0.25) is 0 Å². The number of allylic oxidation sites excluding steroid dienone is 2. The molecule has 190 valence electrons. The van der Waals surface area contributed by atoms with Crippen LogP contribution in [0.3, 0.4) is 0 Å². The van der Waals surface area contributed by atoms with Crippen LogP contribution in [0.1, 0.15) is 36.1 Å². The Morgan fingerprint density at radius 1 is 0.895 bits per heavy atom. The van der Waals surface area contributed by atoms with Crippen molar-refractivity contribution < 1.29 is 4.39 Å². The number of fused-ring (bicyclic) bond motifs is 2. The largest absolute Gasteiger partial charge is 0.318 e. The molecule has 0 aliphatic carbocycles. The van der Waals surface area contributed by atoms with E-state index >= 15 is 4.39 Å². The normalized spacial score (nSPS) is 16.4. The molecule has 38 heavy (non-hydrogen) atoms. The van der Waals surface area contributed by atoms with Gasteiger partial charge in [-0.05, 0) is 42.3 Å². The maximum Gasteiger partial charge on any atom is 0.164 e. The van der Waals surface area contributed by atoms with Crippen LogP contribution >= 0.6 is 34.8 Å². The van der Waals surface area contributed by atoms with Crippen LogP contribution in [0, 0.1) is 5.82 Å². The van der Waals surface area contributed by atoms with Crippen molar-refractivity contribution in [3.8, 4) is 16.9 Å². The van der Waals surface area contributed by atoms with Crippen LogP contribution in [-0.2, 0) is 6.42 Å². The van der Waals surface area contributed by atoms with Crippen LogP contribution in [0.5, 0.6) is 0 Å². The van der Waals surface area contributed by atoms with E-state index in [4.69, 9.17) is 44.9 Å². The molecule has 0 N–H and O–H groups in total. The van der Waals surface area contributed by atoms with Crippen molar-refractivity contribution in [1.29, 1.82) is 0 Å². The minimum atomic E-state index is -0.717. The average molecular weight is 564 g/mol. The summed E-state index contributed by atoms with van der Waals surface area (Å²) in [6.45, 7) is 2.15. The van der Waals surface area contributed by atoms with Crippen molar-refractivity contribution in [2.75, 3.05) is 0 Å². The highest BCUT2D eigenvalue weighted by molar-refractivity contribution is 6.45. The van der Waals surface area contributed by atoms with Gasteiger partial charge < -0.3 is 4.90 Å². The van der Waals surface area contributed by atoms with Gasteiger partial charge in [0, 0.05) is 22.3 Å². The summed E-state index contributed by atoms with van der Waals surface area (Å²) >= 11 is 19.8. The van der Waals surface area contributed by atoms with E-state index in [-0.39, 0.29) is 5.02 Å². The number of rotatable bonds is 5. The number of aryl methyl sites for hydroxylation is 1. The second-order valence-electron chi connectivity index (χ2n) is 9.17. The molecule has 0 amide bonds. The SMILES string of the molecule is CCCc1ccc(-c2nn(-c3ccccc3)c3c2[C@@H](c2c(F)cccc2Cl)N2C=C(Cl)C=C(Cl)C2=N3)cc1. The minimum Gasteiger partial charge on any atom is -0.318 e. The maximum absolute atomic E-state index is 15.6. The molecule has 0 unspecified atom stereocenters. The first kappa shape index (κ1) is 24.9. The molecule has 0 saturated heterocycles. The van der Waals surface area contributed by atoms with Gasteiger partial charge in [0.15, 0.2) is 11.7 Å². The number of nitrogens with zero attached hydrogens (tertiary/aromatic N) is 4. The molecule has 0 bridgehead atoms. The third-order valence-electron chi connectivity index (χ3n) is 6.69. The molecule has 6 rings (SSSR count). The number of aliphatic imine (C=N–C) groups is 1. The van der Waals surface area contributed by atoms with Crippen molar-refractivity contribution in [1.82, 2.24) is 14.7 Å². The first-order chi connectivity index (χ1) is 18.5. The van der Waals surface area contributed by atoms with Gasteiger partial charge in [-0.15, -0.1) is 0 Å². The molecule has 0 radical (unpaired) electrons. The number of hydrogen-bond acceptors (Lipinski definition) is 3. The fourth-order valence-electron chi connectivity index (χ4n) is 5.00. The molecule has 2 aliphatic rings. The second-order valence-corrected chi connectivity index (χ2v) is 10.4. The fraction of sp³-hybridized carbons (Fsp3) is 0.133. The Morgan fingerprint density at radius 2 is 1.66 bits per heavy atom. The first-order valence-corrected chi connectivity index (χ1v) is 13.4. The van der Waals surface area contributed by atoms with E-state index in [0.717, 1.165) is 24.1 Å². The van der Waals surface area contributed by atoms with Crippen molar-refractivity contribution in [3.05, 3.63) is 123 Å². The zero-order valence-electron chi connectivity index (χ0n) is 20.4. The Morgan fingerprint density at radius 3 is 2.37 bits per heavy atom. The van der Waals surface area contributed by atoms with Crippen LogP contribution in [0.2, 0.25) is 5.02 Å². The summed E-state index contributed by atoms with van der Waals surface area (Å²) in [7, 11) is 0. The quantitative estimate of drug-likeness (QED) is 0.243. The van der Waals surface area contributed by atoms with Crippen LogP contribution in [0.15, 0.2) is 100 Å². The van der Waals surface area contributed by atoms with E-state index in [1.807, 2.05) is 42.5 Å². The molecule has 0 spiro atoms. The number of aromatic nitrogens is 2. The van der Waals surface area contributed by atoms with Crippen molar-refractivity contribution in [2.45, 2.75) is 25.8 Å². The second kappa shape index (κ2) is 10.1. The van der Waals surface area contributed by atoms with E-state index in [1.54, 1.807) is 34.0 Å². The maximum atomic E-state index is 15.6. The highest BCUT2D eigenvalue weighted by atomic mass is 35.5. The standard InChI is InChI=1S/C30H22Cl3FN4/c1-2-7-18-12-14-19(15-13-18)27-26-28(25-22(32)10-6-11-24(25)34)37-17-20(31)16-23(33)29(37)35-30(26)38(36-27)21-8-4-3-5-9-21/h3-6,8-17,28H,2,7H2,1H3/t28-/m1/s1. The molecule has 2 aliphatic heterocycles. The van der Waals surface area contributed by atoms with Crippen molar-refractivity contribution >= 4 is 46.5 Å². The van der Waals surface area contributed by atoms with Crippen LogP contribution in [0.25, 0.3) is 16.9 Å². The summed E-state index contributed by atoms with van der Waals surface area (Å²) in [6, 6.07) is 22.0. The van der Waals surface area contributed by atoms with Crippen LogP contribution < -0.4 is 0 Å². The highest BCUT2D eigenvalue weighted by Gasteiger charge is 2.41. The number of halogens is 4. The molecule has 3 aromatic carbocycles. The van der Waals surface area contributed by atoms with Gasteiger partial charge in [-0.3, -0.25) is 0 Å². The van der Waals surface area contributed by atoms with E-state index in [1.165, 1.54) is 11.6 Å². The molecular formula is C30H22Cl3FN4. The third-order valence-corrected chi connectivity index (χ3v) is 7.50. The highest BCUT2D eigenvalue weighted by Crippen LogP contribution is 2.49. The number of amidine groups is 1. The van der Waals surface area contributed by atoms with Gasteiger partial charge in [0.05, 0.1) is 27.4 Å². The van der Waals surface area contributed by atoms with Gasteiger partial charge in [-0.25, -0.2) is 14.1 Å². The summed E-state index contributed by atoms with van der Waals surface area (Å²) in [5.74, 6) is 0.550. The predicted molar refractivity (Wildman–Crippen MR) is 153 cm³/mol. The van der Waals surface area contributed by atoms with Gasteiger partial charge in [0.1, 0.15) is 11.5 Å². The van der Waals surface area contributed by atoms with E-state index in [2.05, 4.69) is 19.1 Å². The number of para-hydroxylation sites is 1. The van der Waals surface area contributed by atoms with Gasteiger partial charge >= 0.3 is 0 Å². The van der Waals surface area contributed by atoms with E-state index < -0.39 is 11.9 Å². The van der Waals surface area contributed by atoms with Crippen molar-refractivity contribution in [3.63, 3.8) is 0 Å². The molecule has 4 aromatic rings. The molecule has 0 saturated carbocycles. The minimum absolute atomic E-state index is 0.286. The lowest BCUT2D eigenvalue weighted by atomic mass is 9.91. The fourth-order valence-corrected chi connectivity index (χ4v) is 5.80. The van der Waals surface area contributed by atoms with Gasteiger partial charge in [-0.2, -0.15) is 5.10 Å². The predicted octanol–water partition coefficient (Wildman–Crippen LogP) is 8.94. The van der Waals surface area contributed by atoms with Crippen LogP contribution in [-0.4, -0.2) is 20.5 Å². The molecule has 4 nitrogen and oxygen atoms in total. The number of benzene rings is 3. The Balaban J connectivity index is 1.69. The zero-order chi connectivity index (χ0) is 26.4. The Hall–Kier alpha value is -3.38. The number of hydrogen-bond donors (Lipinski definition) is 0. The Bertz CT molecular complexity index is 1600. The van der Waals surface area contributed by atoms with Crippen LogP contribution in [0.4, 0.5) is 10.2 Å². The summed E-state index contributed by atoms with van der Waals surface area (Å²) in [6.07, 6.45) is 5.37.